The largest absolute Gasteiger partial charge is 0.347 e. The topological polar surface area (TPSA) is 46.9 Å². The van der Waals surface area contributed by atoms with E-state index in [-0.39, 0.29) is 16.9 Å². The number of nitrogens with zero attached hydrogens (tertiary/aromatic N) is 2. The van der Waals surface area contributed by atoms with Crippen molar-refractivity contribution in [2.24, 2.45) is 0 Å². The summed E-state index contributed by atoms with van der Waals surface area (Å²) >= 11 is 7.94. The van der Waals surface area contributed by atoms with Crippen LogP contribution in [0.15, 0.2) is 54.6 Å². The zero-order valence-corrected chi connectivity index (χ0v) is 15.9. The summed E-state index contributed by atoms with van der Waals surface area (Å²) in [6.45, 7) is 2.09. The lowest BCUT2D eigenvalue weighted by Crippen LogP contribution is -2.23. The molecule has 2 heterocycles. The molecule has 2 aromatic heterocycles. The summed E-state index contributed by atoms with van der Waals surface area (Å²) < 4.78 is 15.9. The number of amides is 1. The number of hydrogen-bond acceptors (Lipinski definition) is 3. The SMILES string of the molecule is Cc1nn(-c2ccccc2)c(Cl)c1C(=O)NCc1cc2cc(F)ccc2s1. The van der Waals surface area contributed by atoms with Gasteiger partial charge in [0.25, 0.3) is 5.91 Å². The van der Waals surface area contributed by atoms with Crippen molar-refractivity contribution < 1.29 is 9.18 Å². The molecule has 7 heteroatoms. The summed E-state index contributed by atoms with van der Waals surface area (Å²) in [6, 6.07) is 15.9. The molecule has 0 saturated carbocycles. The Kier molecular flexibility index (Phi) is 4.68. The van der Waals surface area contributed by atoms with Gasteiger partial charge in [-0.2, -0.15) is 5.10 Å². The number of benzene rings is 2. The molecule has 4 aromatic rings. The number of aromatic nitrogens is 2. The zero-order chi connectivity index (χ0) is 19.0. The number of nitrogens with one attached hydrogen (secondary N) is 1. The molecule has 0 aliphatic rings. The second kappa shape index (κ2) is 7.13. The van der Waals surface area contributed by atoms with Crippen molar-refractivity contribution in [3.63, 3.8) is 0 Å². The number of carbonyl (C=O) groups excluding carboxylic acids is 1. The minimum Gasteiger partial charge on any atom is -0.347 e. The van der Waals surface area contributed by atoms with Gasteiger partial charge in [0.15, 0.2) is 0 Å². The number of para-hydroxylation sites is 1. The third-order valence-electron chi connectivity index (χ3n) is 4.18. The van der Waals surface area contributed by atoms with Gasteiger partial charge in [0.05, 0.1) is 23.5 Å². The van der Waals surface area contributed by atoms with Crippen LogP contribution in [0.3, 0.4) is 0 Å². The molecule has 136 valence electrons. The fourth-order valence-electron chi connectivity index (χ4n) is 2.91. The molecule has 2 aromatic carbocycles. The predicted molar refractivity (Wildman–Crippen MR) is 106 cm³/mol. The third-order valence-corrected chi connectivity index (χ3v) is 5.65. The average molecular weight is 400 g/mol. The summed E-state index contributed by atoms with van der Waals surface area (Å²) in [7, 11) is 0. The van der Waals surface area contributed by atoms with E-state index in [1.165, 1.54) is 23.5 Å². The maximum absolute atomic E-state index is 13.3. The van der Waals surface area contributed by atoms with E-state index in [4.69, 9.17) is 11.6 Å². The number of fused-ring (bicyclic) bond motifs is 1. The normalized spacial score (nSPS) is 11.1. The summed E-state index contributed by atoms with van der Waals surface area (Å²) in [5.74, 6) is -0.560. The number of thiophene rings is 1. The van der Waals surface area contributed by atoms with E-state index < -0.39 is 0 Å². The van der Waals surface area contributed by atoms with Crippen LogP contribution >= 0.6 is 22.9 Å². The molecular weight excluding hydrogens is 385 g/mol. The number of carbonyl (C=O) groups is 1. The quantitative estimate of drug-likeness (QED) is 0.517. The van der Waals surface area contributed by atoms with E-state index in [0.717, 1.165) is 20.7 Å². The first-order chi connectivity index (χ1) is 13.0. The van der Waals surface area contributed by atoms with Crippen LogP contribution in [0.1, 0.15) is 20.9 Å². The highest BCUT2D eigenvalue weighted by Gasteiger charge is 2.21. The van der Waals surface area contributed by atoms with Crippen LogP contribution in [0, 0.1) is 12.7 Å². The first-order valence-corrected chi connectivity index (χ1v) is 9.49. The molecule has 4 nitrogen and oxygen atoms in total. The molecule has 0 aliphatic carbocycles. The summed E-state index contributed by atoms with van der Waals surface area (Å²) in [6.07, 6.45) is 0. The fraction of sp³-hybridized carbons (Fsp3) is 0.100. The molecule has 0 spiro atoms. The van der Waals surface area contributed by atoms with Crippen molar-refractivity contribution in [2.75, 3.05) is 0 Å². The smallest absolute Gasteiger partial charge is 0.256 e. The second-order valence-corrected chi connectivity index (χ2v) is 7.60. The Hall–Kier alpha value is -2.70. The minimum atomic E-state index is -0.289. The van der Waals surface area contributed by atoms with Gasteiger partial charge in [-0.05, 0) is 48.7 Å². The molecule has 0 bridgehead atoms. The molecular formula is C20H15ClFN3OS. The average Bonchev–Trinajstić information content (AvgIpc) is 3.20. The van der Waals surface area contributed by atoms with E-state index in [1.807, 2.05) is 36.4 Å². The maximum Gasteiger partial charge on any atom is 0.256 e. The number of aryl methyl sites for hydroxylation is 1. The molecule has 0 atom stereocenters. The van der Waals surface area contributed by atoms with E-state index in [1.54, 1.807) is 17.7 Å². The van der Waals surface area contributed by atoms with E-state index in [9.17, 15) is 9.18 Å². The van der Waals surface area contributed by atoms with E-state index in [2.05, 4.69) is 10.4 Å². The highest BCUT2D eigenvalue weighted by atomic mass is 35.5. The molecule has 27 heavy (non-hydrogen) atoms. The first-order valence-electron chi connectivity index (χ1n) is 8.29. The van der Waals surface area contributed by atoms with Crippen LogP contribution in [0.2, 0.25) is 5.15 Å². The van der Waals surface area contributed by atoms with Gasteiger partial charge in [-0.15, -0.1) is 11.3 Å². The molecule has 0 aliphatic heterocycles. The van der Waals surface area contributed by atoms with Crippen LogP contribution in [-0.4, -0.2) is 15.7 Å². The van der Waals surface area contributed by atoms with Crippen molar-refractivity contribution in [2.45, 2.75) is 13.5 Å². The first kappa shape index (κ1) is 17.7. The van der Waals surface area contributed by atoms with Crippen LogP contribution in [0.5, 0.6) is 0 Å². The Labute approximate surface area is 164 Å². The molecule has 0 fully saturated rings. The highest BCUT2D eigenvalue weighted by molar-refractivity contribution is 7.19. The van der Waals surface area contributed by atoms with E-state index >= 15 is 0 Å². The van der Waals surface area contributed by atoms with Gasteiger partial charge >= 0.3 is 0 Å². The molecule has 0 radical (unpaired) electrons. The van der Waals surface area contributed by atoms with Gasteiger partial charge in [-0.3, -0.25) is 4.79 Å². The van der Waals surface area contributed by atoms with Crippen molar-refractivity contribution in [3.8, 4) is 5.69 Å². The maximum atomic E-state index is 13.3. The zero-order valence-electron chi connectivity index (χ0n) is 14.4. The van der Waals surface area contributed by atoms with E-state index in [0.29, 0.717) is 17.8 Å². The van der Waals surface area contributed by atoms with Gasteiger partial charge in [-0.25, -0.2) is 9.07 Å². The number of rotatable bonds is 4. The molecule has 0 unspecified atom stereocenters. The Morgan fingerprint density at radius 2 is 2.00 bits per heavy atom. The highest BCUT2D eigenvalue weighted by Crippen LogP contribution is 2.27. The van der Waals surface area contributed by atoms with Gasteiger partial charge in [0, 0.05) is 9.58 Å². The lowest BCUT2D eigenvalue weighted by atomic mass is 10.2. The summed E-state index contributed by atoms with van der Waals surface area (Å²) in [5.41, 5.74) is 1.70. The van der Waals surface area contributed by atoms with Crippen molar-refractivity contribution >= 4 is 38.9 Å². The predicted octanol–water partition coefficient (Wildman–Crippen LogP) is 5.12. The van der Waals surface area contributed by atoms with Gasteiger partial charge in [-0.1, -0.05) is 29.8 Å². The second-order valence-electron chi connectivity index (χ2n) is 6.08. The molecule has 1 amide bonds. The number of hydrogen-bond donors (Lipinski definition) is 1. The molecule has 4 rings (SSSR count). The molecule has 1 N–H and O–H groups in total. The van der Waals surface area contributed by atoms with Gasteiger partial charge < -0.3 is 5.32 Å². The Morgan fingerprint density at radius 3 is 2.78 bits per heavy atom. The third kappa shape index (κ3) is 3.46. The Balaban J connectivity index is 1.55. The van der Waals surface area contributed by atoms with Crippen molar-refractivity contribution in [3.05, 3.63) is 81.7 Å². The standard InChI is InChI=1S/C20H15ClFN3OS/c1-12-18(19(21)25(24-12)15-5-3-2-4-6-15)20(26)23-11-16-10-13-9-14(22)7-8-17(13)27-16/h2-10H,11H2,1H3,(H,23,26). The van der Waals surface area contributed by atoms with Gasteiger partial charge in [0.1, 0.15) is 11.0 Å². The van der Waals surface area contributed by atoms with Crippen LogP contribution in [0.4, 0.5) is 4.39 Å². The van der Waals surface area contributed by atoms with Crippen LogP contribution in [-0.2, 0) is 6.54 Å². The Morgan fingerprint density at radius 1 is 1.22 bits per heavy atom. The van der Waals surface area contributed by atoms with Crippen LogP contribution < -0.4 is 5.32 Å². The summed E-state index contributed by atoms with van der Waals surface area (Å²) in [4.78, 5) is 13.6. The monoisotopic (exact) mass is 399 g/mol. The summed E-state index contributed by atoms with van der Waals surface area (Å²) in [5, 5.41) is 8.36. The van der Waals surface area contributed by atoms with Crippen molar-refractivity contribution in [1.82, 2.24) is 15.1 Å². The van der Waals surface area contributed by atoms with Gasteiger partial charge in [0.2, 0.25) is 0 Å². The number of halogens is 2. The molecule has 0 saturated heterocycles. The minimum absolute atomic E-state index is 0.272. The lowest BCUT2D eigenvalue weighted by Gasteiger charge is -2.04. The lowest BCUT2D eigenvalue weighted by molar-refractivity contribution is 0.0951. The van der Waals surface area contributed by atoms with Crippen molar-refractivity contribution in [1.29, 1.82) is 0 Å². The fourth-order valence-corrected chi connectivity index (χ4v) is 4.25. The Bertz CT molecular complexity index is 1140. The van der Waals surface area contributed by atoms with Crippen LogP contribution in [0.25, 0.3) is 15.8 Å².